The summed E-state index contributed by atoms with van der Waals surface area (Å²) in [5.74, 6) is 0.483. The van der Waals surface area contributed by atoms with E-state index in [1.807, 2.05) is 36.1 Å². The average Bonchev–Trinajstić information content (AvgIpc) is 2.90. The predicted molar refractivity (Wildman–Crippen MR) is 137 cm³/mol. The number of ether oxygens (including phenoxy) is 1. The number of aryl methyl sites for hydroxylation is 2. The van der Waals surface area contributed by atoms with Crippen molar-refractivity contribution < 1.29 is 14.7 Å². The lowest BCUT2D eigenvalue weighted by molar-refractivity contribution is -0.143. The van der Waals surface area contributed by atoms with Gasteiger partial charge in [-0.15, -0.1) is 0 Å². The van der Waals surface area contributed by atoms with Gasteiger partial charge in [0, 0.05) is 24.0 Å². The zero-order valence-electron chi connectivity index (χ0n) is 20.2. The van der Waals surface area contributed by atoms with E-state index >= 15 is 0 Å². The van der Waals surface area contributed by atoms with Crippen LogP contribution in [0.25, 0.3) is 10.9 Å². The normalized spacial score (nSPS) is 15.7. The Morgan fingerprint density at radius 2 is 1.94 bits per heavy atom. The fraction of sp³-hybridized carbons (Fsp3) is 0.444. The number of methoxy groups -OCH3 is 1. The molecule has 1 aliphatic rings. The molecule has 1 amide bonds. The Kier molecular flexibility index (Phi) is 8.55. The summed E-state index contributed by atoms with van der Waals surface area (Å²) >= 11 is 6.52. The van der Waals surface area contributed by atoms with E-state index in [4.69, 9.17) is 16.3 Å². The molecule has 35 heavy (non-hydrogen) atoms. The van der Waals surface area contributed by atoms with Crippen molar-refractivity contribution in [2.75, 3.05) is 26.7 Å². The Bertz CT molecular complexity index is 1130. The number of halogens is 1. The third kappa shape index (κ3) is 6.10. The topological polar surface area (TPSA) is 87.6 Å². The molecule has 0 saturated carbocycles. The molecule has 3 heterocycles. The lowest BCUT2D eigenvalue weighted by Crippen LogP contribution is -2.48. The van der Waals surface area contributed by atoms with E-state index in [0.717, 1.165) is 80.4 Å². The number of fused-ring (bicyclic) bond motifs is 1. The van der Waals surface area contributed by atoms with Crippen LogP contribution in [0.5, 0.6) is 5.75 Å². The molecule has 4 rings (SSSR count). The molecule has 1 saturated heterocycles. The lowest BCUT2D eigenvalue weighted by atomic mass is 9.73. The number of hydroxylamine groups is 1. The summed E-state index contributed by atoms with van der Waals surface area (Å²) < 4.78 is 5.38. The fourth-order valence-corrected chi connectivity index (χ4v) is 5.40. The van der Waals surface area contributed by atoms with Crippen LogP contribution in [-0.2, 0) is 17.6 Å². The summed E-state index contributed by atoms with van der Waals surface area (Å²) in [5, 5.41) is 11.1. The molecule has 0 bridgehead atoms. The van der Waals surface area contributed by atoms with Gasteiger partial charge in [0.05, 0.1) is 23.1 Å². The van der Waals surface area contributed by atoms with Gasteiger partial charge in [-0.2, -0.15) is 0 Å². The molecular weight excluding hydrogens is 464 g/mol. The fourth-order valence-electron chi connectivity index (χ4n) is 5.16. The molecule has 1 aliphatic heterocycles. The van der Waals surface area contributed by atoms with Gasteiger partial charge >= 0.3 is 0 Å². The molecule has 1 fully saturated rings. The number of rotatable bonds is 10. The first-order valence-electron chi connectivity index (χ1n) is 12.2. The number of benzene rings is 1. The number of hydrogen-bond acceptors (Lipinski definition) is 6. The minimum absolute atomic E-state index is 0.277. The maximum Gasteiger partial charge on any atom is 0.249 e. The summed E-state index contributed by atoms with van der Waals surface area (Å²) in [6.45, 7) is 2.69. The molecule has 0 unspecified atom stereocenters. The van der Waals surface area contributed by atoms with Gasteiger partial charge in [0.2, 0.25) is 5.91 Å². The predicted octanol–water partition coefficient (Wildman–Crippen LogP) is 4.83. The minimum Gasteiger partial charge on any atom is -0.497 e. The number of carbonyl (C=O) groups excluding carboxylic acids is 1. The Morgan fingerprint density at radius 3 is 2.66 bits per heavy atom. The Hall–Kier alpha value is -2.74. The van der Waals surface area contributed by atoms with Crippen molar-refractivity contribution in [1.29, 1.82) is 0 Å². The number of pyridine rings is 2. The van der Waals surface area contributed by atoms with Crippen LogP contribution in [0.2, 0.25) is 5.02 Å². The SMILES string of the molecule is COc1ccc2ncc(Cl)c(CCCC3(C(=O)NO)CCN(CCCc4ccncc4)CC3)c2c1. The Balaban J connectivity index is 1.36. The average molecular weight is 497 g/mol. The van der Waals surface area contributed by atoms with Crippen LogP contribution < -0.4 is 10.2 Å². The second-order valence-electron chi connectivity index (χ2n) is 9.34. The number of piperidine rings is 1. The van der Waals surface area contributed by atoms with Crippen LogP contribution in [-0.4, -0.2) is 52.7 Å². The molecule has 7 nitrogen and oxygen atoms in total. The van der Waals surface area contributed by atoms with Crippen LogP contribution in [0.4, 0.5) is 0 Å². The van der Waals surface area contributed by atoms with E-state index in [1.54, 1.807) is 13.3 Å². The zero-order valence-corrected chi connectivity index (χ0v) is 20.9. The third-order valence-electron chi connectivity index (χ3n) is 7.30. The van der Waals surface area contributed by atoms with Crippen molar-refractivity contribution in [3.63, 3.8) is 0 Å². The van der Waals surface area contributed by atoms with Crippen molar-refractivity contribution >= 4 is 28.4 Å². The molecule has 0 aliphatic carbocycles. The monoisotopic (exact) mass is 496 g/mol. The summed E-state index contributed by atoms with van der Waals surface area (Å²) in [4.78, 5) is 23.7. The molecule has 186 valence electrons. The van der Waals surface area contributed by atoms with Gasteiger partial charge in [-0.3, -0.25) is 20.0 Å². The zero-order chi connectivity index (χ0) is 24.7. The highest BCUT2D eigenvalue weighted by molar-refractivity contribution is 6.32. The van der Waals surface area contributed by atoms with Crippen LogP contribution in [0.3, 0.4) is 0 Å². The van der Waals surface area contributed by atoms with Gasteiger partial charge in [-0.25, -0.2) is 5.48 Å². The third-order valence-corrected chi connectivity index (χ3v) is 7.63. The number of nitrogens with one attached hydrogen (secondary N) is 1. The second-order valence-corrected chi connectivity index (χ2v) is 9.75. The molecule has 0 radical (unpaired) electrons. The lowest BCUT2D eigenvalue weighted by Gasteiger charge is -2.40. The van der Waals surface area contributed by atoms with Crippen molar-refractivity contribution in [2.24, 2.45) is 5.41 Å². The van der Waals surface area contributed by atoms with Gasteiger partial charge in [0.15, 0.2) is 0 Å². The quantitative estimate of drug-likeness (QED) is 0.308. The first-order valence-corrected chi connectivity index (χ1v) is 12.6. The highest BCUT2D eigenvalue weighted by Crippen LogP contribution is 2.38. The Morgan fingerprint density at radius 1 is 1.17 bits per heavy atom. The molecule has 2 N–H and O–H groups in total. The first kappa shape index (κ1) is 25.4. The number of nitrogens with zero attached hydrogens (tertiary/aromatic N) is 3. The summed E-state index contributed by atoms with van der Waals surface area (Å²) in [7, 11) is 1.64. The maximum absolute atomic E-state index is 12.8. The maximum atomic E-state index is 12.8. The summed E-state index contributed by atoms with van der Waals surface area (Å²) in [6.07, 6.45) is 11.1. The molecule has 8 heteroatoms. The van der Waals surface area contributed by atoms with E-state index in [9.17, 15) is 10.0 Å². The standard InChI is InChI=1S/C27H33ClN4O3/c1-35-21-6-7-25-23(18-21)22(24(28)19-30-25)5-2-10-27(26(33)31-34)11-16-32(17-12-27)15-3-4-20-8-13-29-14-9-20/h6-9,13-14,18-19,34H,2-5,10-12,15-17H2,1H3,(H,31,33). The molecule has 2 aromatic heterocycles. The largest absolute Gasteiger partial charge is 0.497 e. The molecule has 0 spiro atoms. The highest BCUT2D eigenvalue weighted by Gasteiger charge is 2.40. The summed E-state index contributed by atoms with van der Waals surface area (Å²) in [6, 6.07) is 9.89. The van der Waals surface area contributed by atoms with Crippen LogP contribution >= 0.6 is 11.6 Å². The van der Waals surface area contributed by atoms with Crippen LogP contribution in [0, 0.1) is 5.41 Å². The smallest absolute Gasteiger partial charge is 0.249 e. The minimum atomic E-state index is -0.566. The molecule has 3 aromatic rings. The summed E-state index contributed by atoms with van der Waals surface area (Å²) in [5.41, 5.74) is 4.56. The first-order chi connectivity index (χ1) is 17.0. The molecular formula is C27H33ClN4O3. The van der Waals surface area contributed by atoms with Gasteiger partial charge < -0.3 is 9.64 Å². The van der Waals surface area contributed by atoms with Gasteiger partial charge in [0.25, 0.3) is 0 Å². The van der Waals surface area contributed by atoms with E-state index in [-0.39, 0.29) is 5.91 Å². The number of carbonyl (C=O) groups is 1. The van der Waals surface area contributed by atoms with Crippen molar-refractivity contribution in [1.82, 2.24) is 20.3 Å². The van der Waals surface area contributed by atoms with Gasteiger partial charge in [-0.1, -0.05) is 11.6 Å². The van der Waals surface area contributed by atoms with Crippen LogP contribution in [0.1, 0.15) is 43.2 Å². The van der Waals surface area contributed by atoms with E-state index < -0.39 is 5.41 Å². The van der Waals surface area contributed by atoms with Gasteiger partial charge in [-0.05, 0) is 106 Å². The van der Waals surface area contributed by atoms with Crippen LogP contribution in [0.15, 0.2) is 48.9 Å². The van der Waals surface area contributed by atoms with E-state index in [2.05, 4.69) is 27.0 Å². The second kappa shape index (κ2) is 11.8. The van der Waals surface area contributed by atoms with E-state index in [1.165, 1.54) is 5.56 Å². The van der Waals surface area contributed by atoms with Gasteiger partial charge in [0.1, 0.15) is 5.75 Å². The van der Waals surface area contributed by atoms with Crippen molar-refractivity contribution in [3.05, 3.63) is 65.1 Å². The Labute approximate surface area is 211 Å². The number of aromatic nitrogens is 2. The molecule has 0 atom stereocenters. The molecule has 1 aromatic carbocycles. The van der Waals surface area contributed by atoms with Crippen molar-refractivity contribution in [3.8, 4) is 5.75 Å². The number of hydrogen-bond donors (Lipinski definition) is 2. The van der Waals surface area contributed by atoms with Crippen molar-refractivity contribution in [2.45, 2.75) is 44.9 Å². The highest BCUT2D eigenvalue weighted by atomic mass is 35.5. The number of likely N-dealkylation sites (tertiary alicyclic amines) is 1. The number of amides is 1. The van der Waals surface area contributed by atoms with E-state index in [0.29, 0.717) is 11.4 Å².